The van der Waals surface area contributed by atoms with Crippen LogP contribution in [0.5, 0.6) is 5.75 Å². The fourth-order valence-electron chi connectivity index (χ4n) is 2.80. The van der Waals surface area contributed by atoms with Gasteiger partial charge in [0.25, 0.3) is 0 Å². The maximum Gasteiger partial charge on any atom is 0.216 e. The van der Waals surface area contributed by atoms with Gasteiger partial charge < -0.3 is 21.1 Å². The van der Waals surface area contributed by atoms with E-state index in [9.17, 15) is 9.90 Å². The number of nitrogens with one attached hydrogen (secondary N) is 1. The molecule has 0 aliphatic carbocycles. The Hall–Kier alpha value is -1.75. The van der Waals surface area contributed by atoms with E-state index in [1.807, 2.05) is 19.1 Å². The Kier molecular flexibility index (Phi) is 5.07. The van der Waals surface area contributed by atoms with E-state index in [-0.39, 0.29) is 17.7 Å². The van der Waals surface area contributed by atoms with Crippen LogP contribution >= 0.6 is 0 Å². The van der Waals surface area contributed by atoms with Gasteiger partial charge in [-0.05, 0) is 31.7 Å². The molecule has 0 aromatic heterocycles. The van der Waals surface area contributed by atoms with Gasteiger partial charge in [-0.3, -0.25) is 4.79 Å². The van der Waals surface area contributed by atoms with E-state index in [4.69, 9.17) is 5.73 Å². The SMILES string of the molecule is CC(=O)NCC1CCN(c2ccc(C(C)N)c(O)c2)CC1. The van der Waals surface area contributed by atoms with Crippen molar-refractivity contribution in [3.8, 4) is 5.75 Å². The van der Waals surface area contributed by atoms with E-state index >= 15 is 0 Å². The number of benzene rings is 1. The van der Waals surface area contributed by atoms with Crippen LogP contribution in [-0.4, -0.2) is 30.6 Å². The minimum absolute atomic E-state index is 0.0360. The minimum Gasteiger partial charge on any atom is -0.508 e. The number of phenolic OH excluding ortho intramolecular Hbond substituents is 1. The molecular formula is C16H25N3O2. The fourth-order valence-corrected chi connectivity index (χ4v) is 2.80. The van der Waals surface area contributed by atoms with Crippen LogP contribution in [-0.2, 0) is 4.79 Å². The highest BCUT2D eigenvalue weighted by Crippen LogP contribution is 2.30. The number of piperidine rings is 1. The first-order chi connectivity index (χ1) is 9.97. The van der Waals surface area contributed by atoms with Crippen LogP contribution in [0.1, 0.15) is 38.3 Å². The lowest BCUT2D eigenvalue weighted by molar-refractivity contribution is -0.119. The van der Waals surface area contributed by atoms with Crippen LogP contribution < -0.4 is 16.0 Å². The number of rotatable bonds is 4. The summed E-state index contributed by atoms with van der Waals surface area (Å²) in [6, 6.07) is 5.56. The molecule has 1 aliphatic heterocycles. The molecule has 1 fully saturated rings. The third kappa shape index (κ3) is 4.11. The first kappa shape index (κ1) is 15.6. The van der Waals surface area contributed by atoms with Crippen LogP contribution in [0.25, 0.3) is 0 Å². The third-order valence-corrected chi connectivity index (χ3v) is 4.12. The van der Waals surface area contributed by atoms with Crippen molar-refractivity contribution in [2.75, 3.05) is 24.5 Å². The summed E-state index contributed by atoms with van der Waals surface area (Å²) in [4.78, 5) is 13.2. The van der Waals surface area contributed by atoms with Crippen molar-refractivity contribution in [3.63, 3.8) is 0 Å². The van der Waals surface area contributed by atoms with Gasteiger partial charge in [0.05, 0.1) is 0 Å². The number of carbonyl (C=O) groups excluding carboxylic acids is 1. The van der Waals surface area contributed by atoms with E-state index in [0.717, 1.165) is 43.7 Å². The summed E-state index contributed by atoms with van der Waals surface area (Å²) in [6.45, 7) is 6.07. The van der Waals surface area contributed by atoms with Gasteiger partial charge in [0, 0.05) is 49.9 Å². The molecule has 1 unspecified atom stereocenters. The summed E-state index contributed by atoms with van der Waals surface area (Å²) in [6.07, 6.45) is 2.10. The zero-order valence-corrected chi connectivity index (χ0v) is 12.8. The molecule has 1 aromatic carbocycles. The minimum atomic E-state index is -0.164. The van der Waals surface area contributed by atoms with Crippen LogP contribution in [0.2, 0.25) is 0 Å². The molecule has 1 atom stereocenters. The van der Waals surface area contributed by atoms with Crippen LogP contribution in [0.4, 0.5) is 5.69 Å². The van der Waals surface area contributed by atoms with E-state index < -0.39 is 0 Å². The van der Waals surface area contributed by atoms with Gasteiger partial charge in [0.15, 0.2) is 0 Å². The number of amides is 1. The summed E-state index contributed by atoms with van der Waals surface area (Å²) in [5, 5.41) is 12.9. The topological polar surface area (TPSA) is 78.6 Å². The second kappa shape index (κ2) is 6.80. The Morgan fingerprint density at radius 3 is 2.67 bits per heavy atom. The maximum absolute atomic E-state index is 10.9. The second-order valence-electron chi connectivity index (χ2n) is 5.90. The van der Waals surface area contributed by atoms with Crippen molar-refractivity contribution in [3.05, 3.63) is 23.8 Å². The lowest BCUT2D eigenvalue weighted by atomic mass is 9.96. The Bertz CT molecular complexity index is 494. The highest BCUT2D eigenvalue weighted by molar-refractivity contribution is 5.72. The predicted octanol–water partition coefficient (Wildman–Crippen LogP) is 1.76. The molecule has 0 radical (unpaired) electrons. The lowest BCUT2D eigenvalue weighted by Crippen LogP contribution is -2.38. The Balaban J connectivity index is 1.93. The zero-order valence-electron chi connectivity index (χ0n) is 12.8. The maximum atomic E-state index is 10.9. The summed E-state index contributed by atoms with van der Waals surface area (Å²) >= 11 is 0. The number of aromatic hydroxyl groups is 1. The lowest BCUT2D eigenvalue weighted by Gasteiger charge is -2.34. The van der Waals surface area contributed by atoms with E-state index in [1.165, 1.54) is 0 Å². The average Bonchev–Trinajstić information content (AvgIpc) is 2.45. The smallest absolute Gasteiger partial charge is 0.216 e. The summed E-state index contributed by atoms with van der Waals surface area (Å²) in [5.74, 6) is 0.846. The number of carbonyl (C=O) groups is 1. The van der Waals surface area contributed by atoms with Crippen molar-refractivity contribution in [2.45, 2.75) is 32.7 Å². The number of nitrogens with zero attached hydrogens (tertiary/aromatic N) is 1. The van der Waals surface area contributed by atoms with Gasteiger partial charge >= 0.3 is 0 Å². The number of hydrogen-bond acceptors (Lipinski definition) is 4. The van der Waals surface area contributed by atoms with Crippen molar-refractivity contribution in [1.82, 2.24) is 5.32 Å². The summed E-state index contributed by atoms with van der Waals surface area (Å²) in [5.41, 5.74) is 7.62. The third-order valence-electron chi connectivity index (χ3n) is 4.12. The summed E-state index contributed by atoms with van der Waals surface area (Å²) < 4.78 is 0. The van der Waals surface area contributed by atoms with Gasteiger partial charge in [-0.15, -0.1) is 0 Å². The zero-order chi connectivity index (χ0) is 15.4. The second-order valence-corrected chi connectivity index (χ2v) is 5.90. The molecule has 1 saturated heterocycles. The number of nitrogens with two attached hydrogens (primary N) is 1. The average molecular weight is 291 g/mol. The van der Waals surface area contributed by atoms with Crippen molar-refractivity contribution < 1.29 is 9.90 Å². The van der Waals surface area contributed by atoms with Crippen LogP contribution in [0.15, 0.2) is 18.2 Å². The fraction of sp³-hybridized carbons (Fsp3) is 0.562. The van der Waals surface area contributed by atoms with E-state index in [2.05, 4.69) is 10.2 Å². The molecule has 1 amide bonds. The normalized spacial score (nSPS) is 17.6. The quantitative estimate of drug-likeness (QED) is 0.790. The highest BCUT2D eigenvalue weighted by Gasteiger charge is 2.20. The molecule has 2 rings (SSSR count). The van der Waals surface area contributed by atoms with Crippen LogP contribution in [0.3, 0.4) is 0 Å². The molecule has 4 N–H and O–H groups in total. The highest BCUT2D eigenvalue weighted by atomic mass is 16.3. The molecular weight excluding hydrogens is 266 g/mol. The predicted molar refractivity (Wildman–Crippen MR) is 84.3 cm³/mol. The molecule has 116 valence electrons. The van der Waals surface area contributed by atoms with Gasteiger partial charge in [0.1, 0.15) is 5.75 Å². The van der Waals surface area contributed by atoms with Crippen molar-refractivity contribution in [2.24, 2.45) is 11.7 Å². The standard InChI is InChI=1S/C16H25N3O2/c1-11(17)15-4-3-14(9-16(15)21)19-7-5-13(6-8-19)10-18-12(2)20/h3-4,9,11,13,21H,5-8,10,17H2,1-2H3,(H,18,20). The van der Waals surface area contributed by atoms with Gasteiger partial charge in [0.2, 0.25) is 5.91 Å². The molecule has 1 aliphatic rings. The molecule has 1 heterocycles. The number of hydrogen-bond donors (Lipinski definition) is 3. The van der Waals surface area contributed by atoms with Gasteiger partial charge in [-0.1, -0.05) is 6.07 Å². The van der Waals surface area contributed by atoms with E-state index in [1.54, 1.807) is 13.0 Å². The number of phenols is 1. The molecule has 5 nitrogen and oxygen atoms in total. The molecule has 0 spiro atoms. The van der Waals surface area contributed by atoms with Crippen molar-refractivity contribution >= 4 is 11.6 Å². The molecule has 21 heavy (non-hydrogen) atoms. The van der Waals surface area contributed by atoms with Crippen molar-refractivity contribution in [1.29, 1.82) is 0 Å². The first-order valence-electron chi connectivity index (χ1n) is 7.55. The monoisotopic (exact) mass is 291 g/mol. The van der Waals surface area contributed by atoms with Gasteiger partial charge in [-0.25, -0.2) is 0 Å². The molecule has 0 bridgehead atoms. The van der Waals surface area contributed by atoms with Crippen LogP contribution in [0, 0.1) is 5.92 Å². The molecule has 1 aromatic rings. The summed E-state index contributed by atoms with van der Waals surface area (Å²) in [7, 11) is 0. The largest absolute Gasteiger partial charge is 0.508 e. The van der Waals surface area contributed by atoms with Gasteiger partial charge in [-0.2, -0.15) is 0 Å². The Morgan fingerprint density at radius 2 is 2.14 bits per heavy atom. The Labute approximate surface area is 126 Å². The Morgan fingerprint density at radius 1 is 1.48 bits per heavy atom. The first-order valence-corrected chi connectivity index (χ1v) is 7.55. The molecule has 5 heteroatoms. The number of anilines is 1. The molecule has 0 saturated carbocycles. The van der Waals surface area contributed by atoms with E-state index in [0.29, 0.717) is 5.92 Å².